The van der Waals surface area contributed by atoms with Crippen molar-refractivity contribution in [2.45, 2.75) is 27.1 Å². The quantitative estimate of drug-likeness (QED) is 0.324. The minimum absolute atomic E-state index is 0.401. The molecule has 0 amide bonds. The van der Waals surface area contributed by atoms with Gasteiger partial charge >= 0.3 is 0 Å². The van der Waals surface area contributed by atoms with Crippen molar-refractivity contribution < 1.29 is 9.47 Å². The monoisotopic (exact) mass is 419 g/mol. The summed E-state index contributed by atoms with van der Waals surface area (Å²) >= 11 is 0. The Morgan fingerprint density at radius 2 is 1.56 bits per heavy atom. The van der Waals surface area contributed by atoms with E-state index in [0.717, 1.165) is 28.2 Å². The largest absolute Gasteiger partial charge is 0.489 e. The molecular weight excluding hydrogens is 394 g/mol. The van der Waals surface area contributed by atoms with E-state index in [1.807, 2.05) is 49.4 Å². The SMILES string of the molecule is Cc1ccc(OCc2cccc(-c3ccccc3)c2C)cc1OCc1cccc(C#N)c1. The molecule has 4 aromatic rings. The normalized spacial score (nSPS) is 10.4. The summed E-state index contributed by atoms with van der Waals surface area (Å²) in [4.78, 5) is 0. The number of nitriles is 1. The van der Waals surface area contributed by atoms with Gasteiger partial charge in [0, 0.05) is 6.07 Å². The average Bonchev–Trinajstić information content (AvgIpc) is 2.84. The van der Waals surface area contributed by atoms with Crippen molar-refractivity contribution >= 4 is 0 Å². The minimum Gasteiger partial charge on any atom is -0.489 e. The second-order valence-electron chi connectivity index (χ2n) is 7.77. The van der Waals surface area contributed by atoms with Crippen LogP contribution in [0.2, 0.25) is 0 Å². The van der Waals surface area contributed by atoms with E-state index in [2.05, 4.69) is 55.5 Å². The number of benzene rings is 4. The molecule has 32 heavy (non-hydrogen) atoms. The first kappa shape index (κ1) is 21.2. The molecule has 0 aliphatic heterocycles. The average molecular weight is 420 g/mol. The Bertz CT molecular complexity index is 1260. The van der Waals surface area contributed by atoms with Gasteiger partial charge in [-0.05, 0) is 65.4 Å². The molecule has 0 bridgehead atoms. The lowest BCUT2D eigenvalue weighted by molar-refractivity contribution is 0.288. The van der Waals surface area contributed by atoms with E-state index in [0.29, 0.717) is 18.8 Å². The summed E-state index contributed by atoms with van der Waals surface area (Å²) in [7, 11) is 0. The number of hydrogen-bond acceptors (Lipinski definition) is 3. The van der Waals surface area contributed by atoms with E-state index in [9.17, 15) is 0 Å². The Labute approximate surface area is 189 Å². The fourth-order valence-electron chi connectivity index (χ4n) is 3.65. The molecule has 3 nitrogen and oxygen atoms in total. The number of ether oxygens (including phenoxy) is 2. The van der Waals surface area contributed by atoms with Crippen LogP contribution in [0, 0.1) is 25.2 Å². The first-order valence-electron chi connectivity index (χ1n) is 10.6. The zero-order chi connectivity index (χ0) is 22.3. The van der Waals surface area contributed by atoms with Gasteiger partial charge in [0.2, 0.25) is 0 Å². The molecule has 0 N–H and O–H groups in total. The molecule has 0 fully saturated rings. The molecule has 0 radical (unpaired) electrons. The summed E-state index contributed by atoms with van der Waals surface area (Å²) in [6.07, 6.45) is 0. The van der Waals surface area contributed by atoms with Crippen molar-refractivity contribution in [3.8, 4) is 28.7 Å². The second-order valence-corrected chi connectivity index (χ2v) is 7.77. The standard InChI is InChI=1S/C29H25NO2/c1-21-14-15-27(17-29(21)32-19-24-9-6-8-23(16-24)18-30)31-20-26-12-7-13-28(22(26)2)25-10-4-3-5-11-25/h3-17H,19-20H2,1-2H3. The van der Waals surface area contributed by atoms with E-state index in [4.69, 9.17) is 14.7 Å². The lowest BCUT2D eigenvalue weighted by Crippen LogP contribution is -2.01. The molecule has 4 aromatic carbocycles. The molecule has 4 rings (SSSR count). The van der Waals surface area contributed by atoms with Gasteiger partial charge in [-0.3, -0.25) is 0 Å². The fraction of sp³-hybridized carbons (Fsp3) is 0.138. The maximum Gasteiger partial charge on any atom is 0.126 e. The summed E-state index contributed by atoms with van der Waals surface area (Å²) in [6, 6.07) is 32.3. The van der Waals surface area contributed by atoms with Crippen molar-refractivity contribution in [2.75, 3.05) is 0 Å². The van der Waals surface area contributed by atoms with Gasteiger partial charge in [-0.1, -0.05) is 66.7 Å². The molecule has 0 heterocycles. The highest BCUT2D eigenvalue weighted by atomic mass is 16.5. The van der Waals surface area contributed by atoms with Crippen LogP contribution in [0.5, 0.6) is 11.5 Å². The van der Waals surface area contributed by atoms with Crippen molar-refractivity contribution in [1.29, 1.82) is 5.26 Å². The first-order chi connectivity index (χ1) is 15.6. The number of aryl methyl sites for hydroxylation is 1. The summed E-state index contributed by atoms with van der Waals surface area (Å²) in [5.41, 5.74) is 7.44. The predicted octanol–water partition coefficient (Wildman–Crippen LogP) is 7.00. The van der Waals surface area contributed by atoms with Crippen LogP contribution in [0.25, 0.3) is 11.1 Å². The number of hydrogen-bond donors (Lipinski definition) is 0. The molecule has 0 aliphatic carbocycles. The number of nitrogens with zero attached hydrogens (tertiary/aromatic N) is 1. The highest BCUT2D eigenvalue weighted by molar-refractivity contribution is 5.68. The van der Waals surface area contributed by atoms with Gasteiger partial charge in [-0.15, -0.1) is 0 Å². The molecule has 0 atom stereocenters. The smallest absolute Gasteiger partial charge is 0.126 e. The van der Waals surface area contributed by atoms with Crippen molar-refractivity contribution in [3.05, 3.63) is 119 Å². The van der Waals surface area contributed by atoms with Gasteiger partial charge in [0.15, 0.2) is 0 Å². The van der Waals surface area contributed by atoms with Crippen LogP contribution < -0.4 is 9.47 Å². The van der Waals surface area contributed by atoms with Crippen LogP contribution >= 0.6 is 0 Å². The molecule has 3 heteroatoms. The molecule has 0 spiro atoms. The van der Waals surface area contributed by atoms with E-state index in [1.54, 1.807) is 6.07 Å². The minimum atomic E-state index is 0.401. The lowest BCUT2D eigenvalue weighted by atomic mass is 9.97. The van der Waals surface area contributed by atoms with Gasteiger partial charge in [-0.2, -0.15) is 5.26 Å². The van der Waals surface area contributed by atoms with Gasteiger partial charge in [0.1, 0.15) is 24.7 Å². The third-order valence-corrected chi connectivity index (χ3v) is 5.54. The molecule has 0 aromatic heterocycles. The Morgan fingerprint density at radius 1 is 0.750 bits per heavy atom. The maximum atomic E-state index is 9.07. The lowest BCUT2D eigenvalue weighted by Gasteiger charge is -2.15. The molecular formula is C29H25NO2. The van der Waals surface area contributed by atoms with Crippen molar-refractivity contribution in [1.82, 2.24) is 0 Å². The highest BCUT2D eigenvalue weighted by Gasteiger charge is 2.08. The zero-order valence-corrected chi connectivity index (χ0v) is 18.3. The van der Waals surface area contributed by atoms with E-state index < -0.39 is 0 Å². The van der Waals surface area contributed by atoms with Gasteiger partial charge in [0.05, 0.1) is 11.6 Å². The fourth-order valence-corrected chi connectivity index (χ4v) is 3.65. The molecule has 158 valence electrons. The van der Waals surface area contributed by atoms with Crippen LogP contribution in [0.1, 0.15) is 27.8 Å². The van der Waals surface area contributed by atoms with E-state index >= 15 is 0 Å². The van der Waals surface area contributed by atoms with Crippen LogP contribution in [-0.4, -0.2) is 0 Å². The Morgan fingerprint density at radius 3 is 2.38 bits per heavy atom. The van der Waals surface area contributed by atoms with Crippen LogP contribution in [0.15, 0.2) is 91.0 Å². The van der Waals surface area contributed by atoms with Crippen LogP contribution in [0.4, 0.5) is 0 Å². The van der Waals surface area contributed by atoms with Crippen molar-refractivity contribution in [3.63, 3.8) is 0 Å². The summed E-state index contributed by atoms with van der Waals surface area (Å²) in [6.45, 7) is 5.04. The third-order valence-electron chi connectivity index (χ3n) is 5.54. The molecule has 0 aliphatic rings. The molecule has 0 saturated heterocycles. The number of rotatable bonds is 7. The van der Waals surface area contributed by atoms with Crippen LogP contribution in [-0.2, 0) is 13.2 Å². The summed E-state index contributed by atoms with van der Waals surface area (Å²) < 4.78 is 12.2. The van der Waals surface area contributed by atoms with E-state index in [-0.39, 0.29) is 0 Å². The first-order valence-corrected chi connectivity index (χ1v) is 10.6. The molecule has 0 unspecified atom stereocenters. The topological polar surface area (TPSA) is 42.2 Å². The van der Waals surface area contributed by atoms with Gasteiger partial charge in [0.25, 0.3) is 0 Å². The van der Waals surface area contributed by atoms with Crippen LogP contribution in [0.3, 0.4) is 0 Å². The third kappa shape index (κ3) is 4.99. The summed E-state index contributed by atoms with van der Waals surface area (Å²) in [5.74, 6) is 1.54. The summed E-state index contributed by atoms with van der Waals surface area (Å²) in [5, 5.41) is 9.07. The Balaban J connectivity index is 1.46. The second kappa shape index (κ2) is 9.85. The zero-order valence-electron chi connectivity index (χ0n) is 18.3. The Kier molecular flexibility index (Phi) is 6.53. The van der Waals surface area contributed by atoms with Gasteiger partial charge in [-0.25, -0.2) is 0 Å². The van der Waals surface area contributed by atoms with Crippen molar-refractivity contribution in [2.24, 2.45) is 0 Å². The Hall–Kier alpha value is -4.03. The molecule has 0 saturated carbocycles. The highest BCUT2D eigenvalue weighted by Crippen LogP contribution is 2.28. The van der Waals surface area contributed by atoms with Gasteiger partial charge < -0.3 is 9.47 Å². The maximum absolute atomic E-state index is 9.07. The van der Waals surface area contributed by atoms with E-state index in [1.165, 1.54) is 16.7 Å². The predicted molar refractivity (Wildman–Crippen MR) is 128 cm³/mol.